The van der Waals surface area contributed by atoms with Crippen LogP contribution >= 0.6 is 0 Å². The molecule has 7 nitrogen and oxygen atoms in total. The first-order chi connectivity index (χ1) is 12.1. The topological polar surface area (TPSA) is 99.4 Å². The molecule has 0 bridgehead atoms. The Labute approximate surface area is 143 Å². The quantitative estimate of drug-likeness (QED) is 0.738. The highest BCUT2D eigenvalue weighted by atomic mass is 19.1. The van der Waals surface area contributed by atoms with Gasteiger partial charge in [0.1, 0.15) is 29.2 Å². The van der Waals surface area contributed by atoms with E-state index in [9.17, 15) is 4.39 Å². The average molecular weight is 335 g/mol. The van der Waals surface area contributed by atoms with Crippen molar-refractivity contribution in [2.45, 2.75) is 13.0 Å². The molecule has 0 saturated carbocycles. The Morgan fingerprint density at radius 3 is 2.60 bits per heavy atom. The lowest BCUT2D eigenvalue weighted by Crippen LogP contribution is -2.11. The SMILES string of the molecule is C[C@H](Nc1nc(C#N)cc(Nc2cnccn2)n1)c1ccc(F)cc1. The minimum Gasteiger partial charge on any atom is -0.348 e. The Morgan fingerprint density at radius 1 is 1.12 bits per heavy atom. The van der Waals surface area contributed by atoms with Crippen molar-refractivity contribution in [3.63, 3.8) is 0 Å². The molecule has 3 rings (SSSR count). The summed E-state index contributed by atoms with van der Waals surface area (Å²) >= 11 is 0. The molecule has 0 aliphatic rings. The second-order valence-electron chi connectivity index (χ2n) is 5.21. The van der Waals surface area contributed by atoms with Gasteiger partial charge < -0.3 is 10.6 Å². The summed E-state index contributed by atoms with van der Waals surface area (Å²) in [5.41, 5.74) is 1.07. The van der Waals surface area contributed by atoms with Gasteiger partial charge in [0.15, 0.2) is 0 Å². The van der Waals surface area contributed by atoms with E-state index in [4.69, 9.17) is 5.26 Å². The summed E-state index contributed by atoms with van der Waals surface area (Å²) in [5, 5.41) is 15.2. The van der Waals surface area contributed by atoms with Crippen molar-refractivity contribution < 1.29 is 4.39 Å². The van der Waals surface area contributed by atoms with Crippen molar-refractivity contribution in [3.8, 4) is 6.07 Å². The minimum atomic E-state index is -0.297. The minimum absolute atomic E-state index is 0.168. The van der Waals surface area contributed by atoms with E-state index in [0.29, 0.717) is 11.6 Å². The monoisotopic (exact) mass is 335 g/mol. The number of benzene rings is 1. The fourth-order valence-electron chi connectivity index (χ4n) is 2.16. The second-order valence-corrected chi connectivity index (χ2v) is 5.21. The van der Waals surface area contributed by atoms with Crippen LogP contribution in [-0.2, 0) is 0 Å². The largest absolute Gasteiger partial charge is 0.348 e. The van der Waals surface area contributed by atoms with E-state index in [-0.39, 0.29) is 23.5 Å². The summed E-state index contributed by atoms with van der Waals surface area (Å²) in [6.45, 7) is 1.89. The van der Waals surface area contributed by atoms with Crippen LogP contribution in [-0.4, -0.2) is 19.9 Å². The molecular weight excluding hydrogens is 321 g/mol. The van der Waals surface area contributed by atoms with Crippen LogP contribution in [0.15, 0.2) is 48.9 Å². The van der Waals surface area contributed by atoms with Crippen LogP contribution in [0.4, 0.5) is 22.0 Å². The molecule has 2 heterocycles. The molecule has 0 spiro atoms. The average Bonchev–Trinajstić information content (AvgIpc) is 2.63. The second kappa shape index (κ2) is 7.31. The molecule has 3 aromatic rings. The molecule has 2 N–H and O–H groups in total. The van der Waals surface area contributed by atoms with E-state index >= 15 is 0 Å². The number of halogens is 1. The first kappa shape index (κ1) is 16.3. The standard InChI is InChI=1S/C17H14FN7/c1-11(12-2-4-13(18)5-3-12)22-17-23-14(9-19)8-15(25-17)24-16-10-20-6-7-21-16/h2-8,10-11H,1H3,(H2,21,22,23,24,25)/t11-/m0/s1. The third kappa shape index (κ3) is 4.23. The van der Waals surface area contributed by atoms with Gasteiger partial charge in [-0.3, -0.25) is 4.98 Å². The van der Waals surface area contributed by atoms with E-state index in [1.54, 1.807) is 30.7 Å². The predicted octanol–water partition coefficient (Wildman–Crippen LogP) is 3.19. The molecule has 2 aromatic heterocycles. The molecule has 0 fully saturated rings. The van der Waals surface area contributed by atoms with Crippen LogP contribution in [0.2, 0.25) is 0 Å². The van der Waals surface area contributed by atoms with Gasteiger partial charge in [-0.1, -0.05) is 12.1 Å². The summed E-state index contributed by atoms with van der Waals surface area (Å²) in [7, 11) is 0. The molecule has 1 aromatic carbocycles. The van der Waals surface area contributed by atoms with E-state index < -0.39 is 0 Å². The zero-order chi connectivity index (χ0) is 17.6. The first-order valence-corrected chi connectivity index (χ1v) is 7.48. The van der Waals surface area contributed by atoms with E-state index in [0.717, 1.165) is 5.56 Å². The normalized spacial score (nSPS) is 11.4. The van der Waals surface area contributed by atoms with Crippen molar-refractivity contribution in [3.05, 3.63) is 66.0 Å². The molecule has 0 saturated heterocycles. The van der Waals surface area contributed by atoms with Gasteiger partial charge in [-0.25, -0.2) is 14.4 Å². The Kier molecular flexibility index (Phi) is 4.76. The zero-order valence-corrected chi connectivity index (χ0v) is 13.3. The highest BCUT2D eigenvalue weighted by Gasteiger charge is 2.10. The van der Waals surface area contributed by atoms with Crippen molar-refractivity contribution in [2.24, 2.45) is 0 Å². The third-order valence-electron chi connectivity index (χ3n) is 3.38. The van der Waals surface area contributed by atoms with Crippen LogP contribution in [0.1, 0.15) is 24.2 Å². The molecule has 0 amide bonds. The summed E-state index contributed by atoms with van der Waals surface area (Å²) in [5.74, 6) is 0.903. The maximum Gasteiger partial charge on any atom is 0.226 e. The fraction of sp³-hybridized carbons (Fsp3) is 0.118. The highest BCUT2D eigenvalue weighted by molar-refractivity contribution is 5.54. The molecule has 8 heteroatoms. The summed E-state index contributed by atoms with van der Waals surface area (Å²) in [6, 6.07) is 9.49. The number of nitrogens with one attached hydrogen (secondary N) is 2. The van der Waals surface area contributed by atoms with Gasteiger partial charge in [0.2, 0.25) is 5.95 Å². The molecular formula is C17H14FN7. The number of nitriles is 1. The maximum atomic E-state index is 13.0. The number of hydrogen-bond acceptors (Lipinski definition) is 7. The number of rotatable bonds is 5. The van der Waals surface area contributed by atoms with Gasteiger partial charge in [0.05, 0.1) is 12.2 Å². The molecule has 0 radical (unpaired) electrons. The Hall–Kier alpha value is -3.60. The smallest absolute Gasteiger partial charge is 0.226 e. The van der Waals surface area contributed by atoms with Crippen molar-refractivity contribution in [1.29, 1.82) is 5.26 Å². The first-order valence-electron chi connectivity index (χ1n) is 7.48. The van der Waals surface area contributed by atoms with Crippen molar-refractivity contribution in [2.75, 3.05) is 10.6 Å². The maximum absolute atomic E-state index is 13.0. The van der Waals surface area contributed by atoms with Gasteiger partial charge in [-0.15, -0.1) is 0 Å². The van der Waals surface area contributed by atoms with E-state index in [1.165, 1.54) is 18.2 Å². The Bertz CT molecular complexity index is 891. The molecule has 0 aliphatic carbocycles. The molecule has 124 valence electrons. The summed E-state index contributed by atoms with van der Waals surface area (Å²) < 4.78 is 13.0. The van der Waals surface area contributed by atoms with Crippen molar-refractivity contribution >= 4 is 17.6 Å². The van der Waals surface area contributed by atoms with Gasteiger partial charge in [0.25, 0.3) is 0 Å². The summed E-state index contributed by atoms with van der Waals surface area (Å²) in [4.78, 5) is 16.5. The summed E-state index contributed by atoms with van der Waals surface area (Å²) in [6.07, 6.45) is 4.65. The van der Waals surface area contributed by atoms with E-state index in [2.05, 4.69) is 30.6 Å². The zero-order valence-electron chi connectivity index (χ0n) is 13.3. The number of hydrogen-bond donors (Lipinski definition) is 2. The Balaban J connectivity index is 1.82. The molecule has 0 aliphatic heterocycles. The molecule has 25 heavy (non-hydrogen) atoms. The van der Waals surface area contributed by atoms with Gasteiger partial charge in [0, 0.05) is 18.5 Å². The van der Waals surface area contributed by atoms with Crippen LogP contribution in [0.3, 0.4) is 0 Å². The highest BCUT2D eigenvalue weighted by Crippen LogP contribution is 2.20. The lowest BCUT2D eigenvalue weighted by Gasteiger charge is -2.15. The molecule has 1 atom stereocenters. The van der Waals surface area contributed by atoms with Gasteiger partial charge in [-0.05, 0) is 24.6 Å². The number of anilines is 3. The number of nitrogens with zero attached hydrogens (tertiary/aromatic N) is 5. The van der Waals surface area contributed by atoms with Crippen LogP contribution in [0.5, 0.6) is 0 Å². The Morgan fingerprint density at radius 2 is 1.92 bits per heavy atom. The van der Waals surface area contributed by atoms with Gasteiger partial charge in [-0.2, -0.15) is 10.2 Å². The molecule has 0 unspecified atom stereocenters. The van der Waals surface area contributed by atoms with E-state index in [1.807, 2.05) is 13.0 Å². The fourth-order valence-corrected chi connectivity index (χ4v) is 2.16. The third-order valence-corrected chi connectivity index (χ3v) is 3.38. The van der Waals surface area contributed by atoms with Crippen LogP contribution < -0.4 is 10.6 Å². The van der Waals surface area contributed by atoms with Crippen molar-refractivity contribution in [1.82, 2.24) is 19.9 Å². The van der Waals surface area contributed by atoms with Gasteiger partial charge >= 0.3 is 0 Å². The lowest BCUT2D eigenvalue weighted by atomic mass is 10.1. The van der Waals surface area contributed by atoms with Crippen LogP contribution in [0.25, 0.3) is 0 Å². The lowest BCUT2D eigenvalue weighted by molar-refractivity contribution is 0.626. The predicted molar refractivity (Wildman–Crippen MR) is 90.5 cm³/mol. The van der Waals surface area contributed by atoms with Crippen LogP contribution in [0, 0.1) is 17.1 Å². The number of aromatic nitrogens is 4.